The minimum Gasteiger partial charge on any atom is -0.466 e. The molecule has 0 spiro atoms. The van der Waals surface area contributed by atoms with Gasteiger partial charge in [0.2, 0.25) is 0 Å². The molecule has 0 unspecified atom stereocenters. The first kappa shape index (κ1) is 11.1. The molecule has 0 aliphatic rings. The molecular weight excluding hydrogens is 200 g/mol. The van der Waals surface area contributed by atoms with Crippen LogP contribution in [0.15, 0.2) is 0 Å². The van der Waals surface area contributed by atoms with Gasteiger partial charge in [-0.3, -0.25) is 4.79 Å². The quantitative estimate of drug-likeness (QED) is 0.717. The molecule has 78 valence electrons. The van der Waals surface area contributed by atoms with Gasteiger partial charge in [-0.2, -0.15) is 0 Å². The van der Waals surface area contributed by atoms with Crippen LogP contribution in [0.25, 0.3) is 0 Å². The summed E-state index contributed by atoms with van der Waals surface area (Å²) in [6, 6.07) is 0. The summed E-state index contributed by atoms with van der Waals surface area (Å²) in [6.45, 7) is 6.30. The molecule has 0 aliphatic heterocycles. The maximum absolute atomic E-state index is 11.1. The maximum atomic E-state index is 11.1. The smallest absolute Gasteiger partial charge is 0.312 e. The van der Waals surface area contributed by atoms with Crippen molar-refractivity contribution in [1.82, 2.24) is 10.2 Å². The Morgan fingerprint density at radius 3 is 2.71 bits per heavy atom. The van der Waals surface area contributed by atoms with Crippen molar-refractivity contribution in [3.05, 3.63) is 10.0 Å². The summed E-state index contributed by atoms with van der Waals surface area (Å²) in [4.78, 5) is 11.1. The third-order valence-corrected chi connectivity index (χ3v) is 2.80. The zero-order valence-electron chi connectivity index (χ0n) is 8.61. The second-order valence-corrected chi connectivity index (χ2v) is 4.26. The molecule has 4 nitrogen and oxygen atoms in total. The highest BCUT2D eigenvalue weighted by molar-refractivity contribution is 7.11. The fraction of sp³-hybridized carbons (Fsp3) is 0.667. The second kappa shape index (κ2) is 5.05. The van der Waals surface area contributed by atoms with Crippen molar-refractivity contribution in [2.45, 2.75) is 33.1 Å². The molecule has 5 heteroatoms. The van der Waals surface area contributed by atoms with Crippen LogP contribution in [0.1, 0.15) is 36.7 Å². The highest BCUT2D eigenvalue weighted by Gasteiger charge is 2.11. The van der Waals surface area contributed by atoms with E-state index in [2.05, 4.69) is 24.0 Å². The van der Waals surface area contributed by atoms with Gasteiger partial charge >= 0.3 is 5.97 Å². The Balaban J connectivity index is 2.55. The van der Waals surface area contributed by atoms with Crippen LogP contribution in [0, 0.1) is 0 Å². The standard InChI is InChI=1S/C9H14N2O2S/c1-4-13-8(12)5-7-10-11-9(14-7)6(2)3/h6H,4-5H2,1-3H3. The predicted molar refractivity (Wildman–Crippen MR) is 54.3 cm³/mol. The average molecular weight is 214 g/mol. The van der Waals surface area contributed by atoms with Crippen LogP contribution in [0.4, 0.5) is 0 Å². The fourth-order valence-electron chi connectivity index (χ4n) is 0.907. The Morgan fingerprint density at radius 1 is 1.50 bits per heavy atom. The molecule has 0 aromatic carbocycles. The molecule has 14 heavy (non-hydrogen) atoms. The van der Waals surface area contributed by atoms with Crippen molar-refractivity contribution in [3.8, 4) is 0 Å². The van der Waals surface area contributed by atoms with Crippen molar-refractivity contribution in [2.24, 2.45) is 0 Å². The number of esters is 1. The summed E-state index contributed by atoms with van der Waals surface area (Å²) in [5.74, 6) is 0.127. The summed E-state index contributed by atoms with van der Waals surface area (Å²) in [5.41, 5.74) is 0. The normalized spacial score (nSPS) is 10.6. The number of carbonyl (C=O) groups is 1. The molecule has 1 aromatic heterocycles. The Labute approximate surface area is 87.3 Å². The fourth-order valence-corrected chi connectivity index (χ4v) is 1.74. The number of aromatic nitrogens is 2. The topological polar surface area (TPSA) is 52.1 Å². The lowest BCUT2D eigenvalue weighted by Crippen LogP contribution is -2.07. The SMILES string of the molecule is CCOC(=O)Cc1nnc(C(C)C)s1. The zero-order valence-corrected chi connectivity index (χ0v) is 9.43. The summed E-state index contributed by atoms with van der Waals surface area (Å²) >= 11 is 1.47. The first-order valence-electron chi connectivity index (χ1n) is 4.61. The Bertz CT molecular complexity index is 310. The zero-order chi connectivity index (χ0) is 10.6. The van der Waals surface area contributed by atoms with Crippen LogP contribution in [-0.2, 0) is 16.0 Å². The second-order valence-electron chi connectivity index (χ2n) is 3.17. The Morgan fingerprint density at radius 2 is 2.21 bits per heavy atom. The molecule has 0 saturated carbocycles. The molecule has 0 fully saturated rings. The lowest BCUT2D eigenvalue weighted by Gasteiger charge is -1.97. The summed E-state index contributed by atoms with van der Waals surface area (Å²) in [7, 11) is 0. The monoisotopic (exact) mass is 214 g/mol. The van der Waals surface area contributed by atoms with Gasteiger partial charge in [-0.15, -0.1) is 21.5 Å². The van der Waals surface area contributed by atoms with Crippen molar-refractivity contribution >= 4 is 17.3 Å². The largest absolute Gasteiger partial charge is 0.466 e. The minimum absolute atomic E-state index is 0.234. The van der Waals surface area contributed by atoms with E-state index >= 15 is 0 Å². The van der Waals surface area contributed by atoms with Crippen LogP contribution < -0.4 is 0 Å². The van der Waals surface area contributed by atoms with Crippen LogP contribution in [0.3, 0.4) is 0 Å². The van der Waals surface area contributed by atoms with Gasteiger partial charge in [0.05, 0.1) is 13.0 Å². The lowest BCUT2D eigenvalue weighted by molar-refractivity contribution is -0.142. The molecule has 1 heterocycles. The number of hydrogen-bond acceptors (Lipinski definition) is 5. The maximum Gasteiger partial charge on any atom is 0.312 e. The van der Waals surface area contributed by atoms with Gasteiger partial charge in [0.15, 0.2) is 0 Å². The number of ether oxygens (including phenoxy) is 1. The number of rotatable bonds is 4. The van der Waals surface area contributed by atoms with Gasteiger partial charge in [-0.1, -0.05) is 13.8 Å². The molecule has 1 aromatic rings. The average Bonchev–Trinajstić information content (AvgIpc) is 2.53. The molecule has 0 atom stereocenters. The van der Waals surface area contributed by atoms with E-state index in [4.69, 9.17) is 4.74 Å². The van der Waals surface area contributed by atoms with Crippen molar-refractivity contribution in [2.75, 3.05) is 6.61 Å². The van der Waals surface area contributed by atoms with E-state index in [0.29, 0.717) is 12.5 Å². The molecular formula is C9H14N2O2S. The van der Waals surface area contributed by atoms with Crippen molar-refractivity contribution in [1.29, 1.82) is 0 Å². The molecule has 0 bridgehead atoms. The Kier molecular flexibility index (Phi) is 4.00. The molecule has 0 N–H and O–H groups in total. The number of carbonyl (C=O) groups excluding carboxylic acids is 1. The molecule has 1 rings (SSSR count). The molecule has 0 saturated heterocycles. The highest BCUT2D eigenvalue weighted by Crippen LogP contribution is 2.19. The first-order chi connectivity index (χ1) is 6.63. The van der Waals surface area contributed by atoms with Gasteiger partial charge in [0.25, 0.3) is 0 Å². The van der Waals surface area contributed by atoms with Crippen LogP contribution in [0.2, 0.25) is 0 Å². The third-order valence-electron chi connectivity index (χ3n) is 1.58. The van der Waals surface area contributed by atoms with E-state index in [9.17, 15) is 4.79 Å². The van der Waals surface area contributed by atoms with E-state index in [1.54, 1.807) is 6.92 Å². The van der Waals surface area contributed by atoms with E-state index in [1.165, 1.54) is 11.3 Å². The lowest BCUT2D eigenvalue weighted by atomic mass is 10.2. The molecule has 0 amide bonds. The van der Waals surface area contributed by atoms with E-state index in [0.717, 1.165) is 10.0 Å². The molecule has 0 aliphatic carbocycles. The summed E-state index contributed by atoms with van der Waals surface area (Å²) in [5, 5.41) is 9.61. The van der Waals surface area contributed by atoms with Gasteiger partial charge in [-0.25, -0.2) is 0 Å². The van der Waals surface area contributed by atoms with Gasteiger partial charge in [0, 0.05) is 5.92 Å². The van der Waals surface area contributed by atoms with Crippen LogP contribution >= 0.6 is 11.3 Å². The van der Waals surface area contributed by atoms with Crippen molar-refractivity contribution < 1.29 is 9.53 Å². The third kappa shape index (κ3) is 3.06. The number of nitrogens with zero attached hydrogens (tertiary/aromatic N) is 2. The van der Waals surface area contributed by atoms with Gasteiger partial charge in [0.1, 0.15) is 10.0 Å². The van der Waals surface area contributed by atoms with Crippen LogP contribution in [-0.4, -0.2) is 22.8 Å². The molecule has 0 radical (unpaired) electrons. The summed E-state index contributed by atoms with van der Waals surface area (Å²) in [6.07, 6.45) is 0.234. The Hall–Kier alpha value is -0.970. The van der Waals surface area contributed by atoms with Gasteiger partial charge in [-0.05, 0) is 6.92 Å². The van der Waals surface area contributed by atoms with E-state index in [-0.39, 0.29) is 12.4 Å². The van der Waals surface area contributed by atoms with Crippen molar-refractivity contribution in [3.63, 3.8) is 0 Å². The van der Waals surface area contributed by atoms with E-state index < -0.39 is 0 Å². The predicted octanol–water partition coefficient (Wildman–Crippen LogP) is 1.77. The van der Waals surface area contributed by atoms with Crippen LogP contribution in [0.5, 0.6) is 0 Å². The minimum atomic E-state index is -0.237. The van der Waals surface area contributed by atoms with Gasteiger partial charge < -0.3 is 4.74 Å². The van der Waals surface area contributed by atoms with E-state index in [1.807, 2.05) is 0 Å². The summed E-state index contributed by atoms with van der Waals surface area (Å²) < 4.78 is 4.82. The number of hydrogen-bond donors (Lipinski definition) is 0. The highest BCUT2D eigenvalue weighted by atomic mass is 32.1. The first-order valence-corrected chi connectivity index (χ1v) is 5.43.